The smallest absolute Gasteiger partial charge is 0.258 e. The lowest BCUT2D eigenvalue weighted by Crippen LogP contribution is -2.11. The van der Waals surface area contributed by atoms with Crippen molar-refractivity contribution in [3.63, 3.8) is 0 Å². The van der Waals surface area contributed by atoms with Gasteiger partial charge in [0.1, 0.15) is 0 Å². The van der Waals surface area contributed by atoms with E-state index in [1.54, 1.807) is 25.1 Å². The van der Waals surface area contributed by atoms with Crippen LogP contribution in [0.4, 0.5) is 5.88 Å². The molecule has 4 nitrogen and oxygen atoms in total. The van der Waals surface area contributed by atoms with Crippen LogP contribution in [0.1, 0.15) is 21.6 Å². The fourth-order valence-electron chi connectivity index (χ4n) is 1.35. The highest BCUT2D eigenvalue weighted by atomic mass is 79.9. The predicted octanol–water partition coefficient (Wildman–Crippen LogP) is 3.13. The lowest BCUT2D eigenvalue weighted by Gasteiger charge is -2.01. The molecule has 1 amide bonds. The molecule has 5 heteroatoms. The summed E-state index contributed by atoms with van der Waals surface area (Å²) >= 11 is 3.35. The van der Waals surface area contributed by atoms with Crippen molar-refractivity contribution < 1.29 is 9.32 Å². The number of carbonyl (C=O) groups is 1. The normalized spacial score (nSPS) is 10.2. The van der Waals surface area contributed by atoms with E-state index in [1.807, 2.05) is 12.1 Å². The van der Waals surface area contributed by atoms with Crippen molar-refractivity contribution in [2.45, 2.75) is 12.3 Å². The molecule has 0 spiro atoms. The topological polar surface area (TPSA) is 55.1 Å². The molecule has 0 radical (unpaired) electrons. The second-order valence-corrected chi connectivity index (χ2v) is 4.18. The molecule has 0 saturated heterocycles. The van der Waals surface area contributed by atoms with Gasteiger partial charge in [0.05, 0.1) is 5.69 Å². The van der Waals surface area contributed by atoms with Crippen LogP contribution >= 0.6 is 15.9 Å². The van der Waals surface area contributed by atoms with Crippen molar-refractivity contribution in [1.82, 2.24) is 5.16 Å². The van der Waals surface area contributed by atoms with Gasteiger partial charge < -0.3 is 4.52 Å². The molecule has 1 heterocycles. The summed E-state index contributed by atoms with van der Waals surface area (Å²) < 4.78 is 4.91. The molecular weight excluding hydrogens is 284 g/mol. The van der Waals surface area contributed by atoms with Crippen LogP contribution in [0.3, 0.4) is 0 Å². The Morgan fingerprint density at radius 2 is 2.12 bits per heavy atom. The fraction of sp³-hybridized carbons (Fsp3) is 0.167. The Labute approximate surface area is 107 Å². The van der Waals surface area contributed by atoms with Gasteiger partial charge in [-0.05, 0) is 24.6 Å². The monoisotopic (exact) mass is 294 g/mol. The van der Waals surface area contributed by atoms with Gasteiger partial charge in [0.15, 0.2) is 0 Å². The molecule has 0 saturated carbocycles. The molecular formula is C12H11BrN2O2. The van der Waals surface area contributed by atoms with E-state index >= 15 is 0 Å². The average molecular weight is 295 g/mol. The number of hydrogen-bond acceptors (Lipinski definition) is 3. The van der Waals surface area contributed by atoms with Crippen LogP contribution < -0.4 is 5.32 Å². The number of rotatable bonds is 3. The Hall–Kier alpha value is -1.62. The fourth-order valence-corrected chi connectivity index (χ4v) is 1.73. The maximum atomic E-state index is 11.8. The van der Waals surface area contributed by atoms with E-state index < -0.39 is 0 Å². The molecule has 0 aliphatic heterocycles. The van der Waals surface area contributed by atoms with Gasteiger partial charge in [-0.15, -0.1) is 0 Å². The number of nitrogens with one attached hydrogen (secondary N) is 1. The van der Waals surface area contributed by atoms with Crippen molar-refractivity contribution >= 4 is 27.7 Å². The van der Waals surface area contributed by atoms with Crippen molar-refractivity contribution in [2.75, 3.05) is 5.32 Å². The first-order valence-electron chi connectivity index (χ1n) is 5.08. The minimum absolute atomic E-state index is 0.206. The average Bonchev–Trinajstić information content (AvgIpc) is 2.75. The number of aryl methyl sites for hydroxylation is 1. The standard InChI is InChI=1S/C12H11BrN2O2/c1-8-6-11(17-15-8)14-12(16)10-4-2-9(7-13)3-5-10/h2-6H,7H2,1H3,(H,14,16). The molecule has 0 unspecified atom stereocenters. The van der Waals surface area contributed by atoms with Gasteiger partial charge >= 0.3 is 0 Å². The first-order chi connectivity index (χ1) is 8.19. The molecule has 88 valence electrons. The van der Waals surface area contributed by atoms with Crippen LogP contribution in [-0.2, 0) is 5.33 Å². The number of aromatic nitrogens is 1. The van der Waals surface area contributed by atoms with Crippen LogP contribution in [0.5, 0.6) is 0 Å². The van der Waals surface area contributed by atoms with Crippen LogP contribution in [0.2, 0.25) is 0 Å². The molecule has 0 bridgehead atoms. The quantitative estimate of drug-likeness (QED) is 0.885. The number of amides is 1. The predicted molar refractivity (Wildman–Crippen MR) is 68.3 cm³/mol. The van der Waals surface area contributed by atoms with Crippen LogP contribution in [0.15, 0.2) is 34.9 Å². The third kappa shape index (κ3) is 2.94. The van der Waals surface area contributed by atoms with E-state index in [4.69, 9.17) is 4.52 Å². The van der Waals surface area contributed by atoms with Gasteiger partial charge in [-0.25, -0.2) is 0 Å². The molecule has 0 aliphatic rings. The first-order valence-corrected chi connectivity index (χ1v) is 6.21. The van der Waals surface area contributed by atoms with Gasteiger partial charge in [0, 0.05) is 17.0 Å². The summed E-state index contributed by atoms with van der Waals surface area (Å²) in [4.78, 5) is 11.8. The van der Waals surface area contributed by atoms with Crippen LogP contribution in [-0.4, -0.2) is 11.1 Å². The van der Waals surface area contributed by atoms with Gasteiger partial charge in [0.25, 0.3) is 5.91 Å². The SMILES string of the molecule is Cc1cc(NC(=O)c2ccc(CBr)cc2)on1. The van der Waals surface area contributed by atoms with Crippen molar-refractivity contribution in [3.8, 4) is 0 Å². The molecule has 2 aromatic rings. The Kier molecular flexibility index (Phi) is 3.58. The van der Waals surface area contributed by atoms with Crippen LogP contribution in [0.25, 0.3) is 0 Å². The summed E-state index contributed by atoms with van der Waals surface area (Å²) in [7, 11) is 0. The van der Waals surface area contributed by atoms with Gasteiger partial charge in [-0.2, -0.15) is 0 Å². The summed E-state index contributed by atoms with van der Waals surface area (Å²) in [5.74, 6) is 0.152. The van der Waals surface area contributed by atoms with Crippen molar-refractivity contribution in [3.05, 3.63) is 47.2 Å². The molecule has 2 rings (SSSR count). The number of nitrogens with zero attached hydrogens (tertiary/aromatic N) is 1. The van der Waals surface area contributed by atoms with E-state index in [9.17, 15) is 4.79 Å². The number of anilines is 1. The van der Waals surface area contributed by atoms with E-state index in [0.29, 0.717) is 11.4 Å². The van der Waals surface area contributed by atoms with E-state index in [2.05, 4.69) is 26.4 Å². The van der Waals surface area contributed by atoms with Gasteiger partial charge in [-0.1, -0.05) is 33.2 Å². The minimum Gasteiger partial charge on any atom is -0.338 e. The highest BCUT2D eigenvalue weighted by Gasteiger charge is 2.08. The summed E-state index contributed by atoms with van der Waals surface area (Å²) in [5, 5.41) is 7.11. The van der Waals surface area contributed by atoms with Crippen LogP contribution in [0, 0.1) is 6.92 Å². The summed E-state index contributed by atoms with van der Waals surface area (Å²) in [6.45, 7) is 1.80. The summed E-state index contributed by atoms with van der Waals surface area (Å²) in [6, 6.07) is 9.01. The van der Waals surface area contributed by atoms with Gasteiger partial charge in [0.2, 0.25) is 5.88 Å². The maximum Gasteiger partial charge on any atom is 0.258 e. The molecule has 1 N–H and O–H groups in total. The zero-order chi connectivity index (χ0) is 12.3. The zero-order valence-electron chi connectivity index (χ0n) is 9.24. The van der Waals surface area contributed by atoms with E-state index in [-0.39, 0.29) is 5.91 Å². The highest BCUT2D eigenvalue weighted by Crippen LogP contribution is 2.12. The molecule has 17 heavy (non-hydrogen) atoms. The van der Waals surface area contributed by atoms with Gasteiger partial charge in [-0.3, -0.25) is 10.1 Å². The first kappa shape index (κ1) is 11.9. The third-order valence-electron chi connectivity index (χ3n) is 2.24. The summed E-state index contributed by atoms with van der Waals surface area (Å²) in [6.07, 6.45) is 0. The Morgan fingerprint density at radius 3 is 2.65 bits per heavy atom. The zero-order valence-corrected chi connectivity index (χ0v) is 10.8. The van der Waals surface area contributed by atoms with Crippen molar-refractivity contribution in [1.29, 1.82) is 0 Å². The lowest BCUT2D eigenvalue weighted by atomic mass is 10.1. The molecule has 0 aliphatic carbocycles. The number of alkyl halides is 1. The molecule has 0 atom stereocenters. The minimum atomic E-state index is -0.206. The lowest BCUT2D eigenvalue weighted by molar-refractivity contribution is 0.102. The Morgan fingerprint density at radius 1 is 1.41 bits per heavy atom. The third-order valence-corrected chi connectivity index (χ3v) is 2.88. The maximum absolute atomic E-state index is 11.8. The summed E-state index contributed by atoms with van der Waals surface area (Å²) in [5.41, 5.74) is 2.44. The molecule has 1 aromatic carbocycles. The number of halogens is 1. The molecule has 1 aromatic heterocycles. The molecule has 0 fully saturated rings. The van der Waals surface area contributed by atoms with E-state index in [1.165, 1.54) is 0 Å². The van der Waals surface area contributed by atoms with Crippen molar-refractivity contribution in [2.24, 2.45) is 0 Å². The largest absolute Gasteiger partial charge is 0.338 e. The number of hydrogen-bond donors (Lipinski definition) is 1. The highest BCUT2D eigenvalue weighted by molar-refractivity contribution is 9.08. The Balaban J connectivity index is 2.09. The second kappa shape index (κ2) is 5.14. The van der Waals surface area contributed by atoms with E-state index in [0.717, 1.165) is 16.6 Å². The Bertz CT molecular complexity index is 520. The second-order valence-electron chi connectivity index (χ2n) is 3.62. The number of benzene rings is 1. The number of carbonyl (C=O) groups excluding carboxylic acids is 1.